The second-order valence-corrected chi connectivity index (χ2v) is 4.71. The first-order chi connectivity index (χ1) is 9.74. The van der Waals surface area contributed by atoms with E-state index in [1.165, 1.54) is 5.56 Å². The Hall–Kier alpha value is -1.84. The first-order valence-electron chi connectivity index (χ1n) is 6.77. The Morgan fingerprint density at radius 2 is 1.85 bits per heavy atom. The average Bonchev–Trinajstić information content (AvgIpc) is 2.53. The van der Waals surface area contributed by atoms with Crippen LogP contribution in [0.3, 0.4) is 0 Å². The smallest absolute Gasteiger partial charge is 0.123 e. The summed E-state index contributed by atoms with van der Waals surface area (Å²) in [5.41, 5.74) is 8.93. The summed E-state index contributed by atoms with van der Waals surface area (Å²) in [5.74, 6) is 0.820. The van der Waals surface area contributed by atoms with Crippen LogP contribution in [-0.2, 0) is 17.9 Å². The molecule has 2 aromatic rings. The summed E-state index contributed by atoms with van der Waals surface area (Å²) in [6.45, 7) is 3.09. The van der Waals surface area contributed by atoms with Crippen LogP contribution in [0.5, 0.6) is 5.75 Å². The van der Waals surface area contributed by atoms with Crippen molar-refractivity contribution in [2.75, 3.05) is 7.11 Å². The Kier molecular flexibility index (Phi) is 5.16. The number of rotatable bonds is 6. The van der Waals surface area contributed by atoms with Crippen molar-refractivity contribution in [2.45, 2.75) is 26.2 Å². The summed E-state index contributed by atoms with van der Waals surface area (Å²) in [4.78, 5) is 0. The lowest BCUT2D eigenvalue weighted by Crippen LogP contribution is -2.03. The summed E-state index contributed by atoms with van der Waals surface area (Å²) in [7, 11) is 1.66. The third-order valence-corrected chi connectivity index (χ3v) is 3.34. The molecule has 1 atom stereocenters. The molecule has 2 aromatic carbocycles. The number of benzene rings is 2. The number of methoxy groups -OCH3 is 1. The summed E-state index contributed by atoms with van der Waals surface area (Å²) in [6, 6.07) is 16.2. The van der Waals surface area contributed by atoms with Crippen LogP contribution in [0.15, 0.2) is 48.5 Å². The summed E-state index contributed by atoms with van der Waals surface area (Å²) in [5, 5.41) is 0. The topological polar surface area (TPSA) is 44.5 Å². The minimum atomic E-state index is 0.0661. The lowest BCUT2D eigenvalue weighted by atomic mass is 10.1. The molecule has 0 aliphatic carbocycles. The largest absolute Gasteiger partial charge is 0.496 e. The highest BCUT2D eigenvalue weighted by Gasteiger charge is 2.07. The number of hydrogen-bond acceptors (Lipinski definition) is 3. The summed E-state index contributed by atoms with van der Waals surface area (Å²) >= 11 is 0. The molecule has 0 heterocycles. The van der Waals surface area contributed by atoms with Gasteiger partial charge in [0, 0.05) is 12.1 Å². The quantitative estimate of drug-likeness (QED) is 0.875. The first-order valence-corrected chi connectivity index (χ1v) is 6.77. The van der Waals surface area contributed by atoms with Crippen molar-refractivity contribution in [3.63, 3.8) is 0 Å². The fourth-order valence-electron chi connectivity index (χ4n) is 2.09. The molecule has 2 rings (SSSR count). The Labute approximate surface area is 120 Å². The zero-order valence-corrected chi connectivity index (χ0v) is 12.0. The molecule has 0 aliphatic rings. The minimum Gasteiger partial charge on any atom is -0.496 e. The van der Waals surface area contributed by atoms with Gasteiger partial charge in [0.05, 0.1) is 19.8 Å². The maximum absolute atomic E-state index is 5.90. The Morgan fingerprint density at radius 1 is 1.10 bits per heavy atom. The molecule has 0 amide bonds. The molecule has 0 fully saturated rings. The lowest BCUT2D eigenvalue weighted by molar-refractivity contribution is 0.0524. The summed E-state index contributed by atoms with van der Waals surface area (Å²) < 4.78 is 11.2. The molecule has 3 heteroatoms. The van der Waals surface area contributed by atoms with Gasteiger partial charge in [0.2, 0.25) is 0 Å². The average molecular weight is 271 g/mol. The van der Waals surface area contributed by atoms with Gasteiger partial charge in [-0.05, 0) is 24.1 Å². The highest BCUT2D eigenvalue weighted by Crippen LogP contribution is 2.22. The first kappa shape index (κ1) is 14.6. The maximum Gasteiger partial charge on any atom is 0.123 e. The predicted octanol–water partition coefficient (Wildman–Crippen LogP) is 3.43. The van der Waals surface area contributed by atoms with E-state index < -0.39 is 0 Å². The molecule has 0 saturated carbocycles. The van der Waals surface area contributed by atoms with Crippen LogP contribution >= 0.6 is 0 Å². The molecule has 3 nitrogen and oxygen atoms in total. The van der Waals surface area contributed by atoms with Gasteiger partial charge in [0.25, 0.3) is 0 Å². The standard InChI is InChI=1S/C17H21NO2/c1-13(15-6-4-3-5-7-15)20-12-14-8-9-16(11-18)17(10-14)19-2/h3-10,13H,11-12,18H2,1-2H3. The van der Waals surface area contributed by atoms with Crippen molar-refractivity contribution < 1.29 is 9.47 Å². The van der Waals surface area contributed by atoms with Crippen molar-refractivity contribution in [3.8, 4) is 5.75 Å². The summed E-state index contributed by atoms with van der Waals surface area (Å²) in [6.07, 6.45) is 0.0661. The van der Waals surface area contributed by atoms with Crippen molar-refractivity contribution in [3.05, 3.63) is 65.2 Å². The molecule has 2 N–H and O–H groups in total. The monoisotopic (exact) mass is 271 g/mol. The number of ether oxygens (including phenoxy) is 2. The Morgan fingerprint density at radius 3 is 2.50 bits per heavy atom. The van der Waals surface area contributed by atoms with Gasteiger partial charge < -0.3 is 15.2 Å². The molecule has 0 saturated heterocycles. The van der Waals surface area contributed by atoms with Crippen molar-refractivity contribution in [2.24, 2.45) is 5.73 Å². The van der Waals surface area contributed by atoms with Crippen molar-refractivity contribution in [1.82, 2.24) is 0 Å². The van der Waals surface area contributed by atoms with Crippen LogP contribution in [0.4, 0.5) is 0 Å². The molecule has 0 aliphatic heterocycles. The predicted molar refractivity (Wildman–Crippen MR) is 80.5 cm³/mol. The van der Waals surface area contributed by atoms with E-state index in [1.807, 2.05) is 36.4 Å². The third-order valence-electron chi connectivity index (χ3n) is 3.34. The van der Waals surface area contributed by atoms with E-state index in [-0.39, 0.29) is 6.10 Å². The third kappa shape index (κ3) is 3.59. The molecule has 20 heavy (non-hydrogen) atoms. The Bertz CT molecular complexity index is 540. The van der Waals surface area contributed by atoms with Gasteiger partial charge in [-0.1, -0.05) is 42.5 Å². The fraction of sp³-hybridized carbons (Fsp3) is 0.294. The van der Waals surface area contributed by atoms with Gasteiger partial charge in [0.15, 0.2) is 0 Å². The molecule has 0 spiro atoms. The van der Waals surface area contributed by atoms with Gasteiger partial charge in [-0.15, -0.1) is 0 Å². The SMILES string of the molecule is COc1cc(COC(C)c2ccccc2)ccc1CN. The molecular weight excluding hydrogens is 250 g/mol. The van der Waals surface area contributed by atoms with Gasteiger partial charge >= 0.3 is 0 Å². The zero-order chi connectivity index (χ0) is 14.4. The van der Waals surface area contributed by atoms with Crippen molar-refractivity contribution >= 4 is 0 Å². The van der Waals surface area contributed by atoms with E-state index >= 15 is 0 Å². The van der Waals surface area contributed by atoms with Gasteiger partial charge in [-0.25, -0.2) is 0 Å². The molecule has 1 unspecified atom stereocenters. The van der Waals surface area contributed by atoms with E-state index in [0.29, 0.717) is 13.2 Å². The van der Waals surface area contributed by atoms with E-state index in [9.17, 15) is 0 Å². The number of hydrogen-bond donors (Lipinski definition) is 1. The van der Waals surface area contributed by atoms with Crippen LogP contribution in [0.1, 0.15) is 29.7 Å². The highest BCUT2D eigenvalue weighted by atomic mass is 16.5. The van der Waals surface area contributed by atoms with E-state index in [0.717, 1.165) is 16.9 Å². The fourth-order valence-corrected chi connectivity index (χ4v) is 2.09. The molecular formula is C17H21NO2. The van der Waals surface area contributed by atoms with Crippen LogP contribution in [0, 0.1) is 0 Å². The lowest BCUT2D eigenvalue weighted by Gasteiger charge is -2.14. The zero-order valence-electron chi connectivity index (χ0n) is 12.0. The van der Waals surface area contributed by atoms with Crippen LogP contribution < -0.4 is 10.5 Å². The minimum absolute atomic E-state index is 0.0661. The van der Waals surface area contributed by atoms with E-state index in [4.69, 9.17) is 15.2 Å². The van der Waals surface area contributed by atoms with Crippen LogP contribution in [0.25, 0.3) is 0 Å². The van der Waals surface area contributed by atoms with Crippen LogP contribution in [0.2, 0.25) is 0 Å². The van der Waals surface area contributed by atoms with Crippen molar-refractivity contribution in [1.29, 1.82) is 0 Å². The molecule has 0 aromatic heterocycles. The van der Waals surface area contributed by atoms with Gasteiger partial charge in [-0.2, -0.15) is 0 Å². The van der Waals surface area contributed by atoms with Gasteiger partial charge in [0.1, 0.15) is 5.75 Å². The molecule has 0 radical (unpaired) electrons. The second-order valence-electron chi connectivity index (χ2n) is 4.71. The van der Waals surface area contributed by atoms with Crippen LogP contribution in [-0.4, -0.2) is 7.11 Å². The molecule has 106 valence electrons. The second kappa shape index (κ2) is 7.08. The Balaban J connectivity index is 2.00. The normalized spacial score (nSPS) is 12.2. The maximum atomic E-state index is 5.90. The number of nitrogens with two attached hydrogens (primary N) is 1. The van der Waals surface area contributed by atoms with E-state index in [2.05, 4.69) is 19.1 Å². The highest BCUT2D eigenvalue weighted by molar-refractivity contribution is 5.37. The molecule has 0 bridgehead atoms. The van der Waals surface area contributed by atoms with E-state index in [1.54, 1.807) is 7.11 Å². The van der Waals surface area contributed by atoms with Gasteiger partial charge in [-0.3, -0.25) is 0 Å².